The Morgan fingerprint density at radius 2 is 1.86 bits per heavy atom. The molecule has 1 N–H and O–H groups in total. The summed E-state index contributed by atoms with van der Waals surface area (Å²) in [5, 5.41) is 27.3. The van der Waals surface area contributed by atoms with E-state index in [9.17, 15) is 9.90 Å². The van der Waals surface area contributed by atoms with E-state index in [1.807, 2.05) is 53.1 Å². The van der Waals surface area contributed by atoms with E-state index in [0.717, 1.165) is 29.3 Å². The average Bonchev–Trinajstić information content (AvgIpc) is 3.23. The highest BCUT2D eigenvalue weighted by molar-refractivity contribution is 5.95. The monoisotopic (exact) mass is 376 g/mol. The van der Waals surface area contributed by atoms with Gasteiger partial charge in [-0.1, -0.05) is 48.9 Å². The topological polar surface area (TPSA) is 97.7 Å². The lowest BCUT2D eigenvalue weighted by atomic mass is 10.2. The van der Waals surface area contributed by atoms with Crippen molar-refractivity contribution in [3.8, 4) is 5.88 Å². The third kappa shape index (κ3) is 3.24. The third-order valence-electron chi connectivity index (χ3n) is 4.62. The summed E-state index contributed by atoms with van der Waals surface area (Å²) >= 11 is 0. The molecule has 0 aliphatic heterocycles. The number of carbonyl (C=O) groups is 1. The van der Waals surface area contributed by atoms with E-state index >= 15 is 0 Å². The number of aryl methyl sites for hydroxylation is 1. The molecule has 0 unspecified atom stereocenters. The van der Waals surface area contributed by atoms with Crippen LogP contribution in [0.1, 0.15) is 19.8 Å². The fourth-order valence-corrected chi connectivity index (χ4v) is 3.21. The highest BCUT2D eigenvalue weighted by Gasteiger charge is 2.16. The molecule has 0 radical (unpaired) electrons. The molecule has 0 aliphatic carbocycles. The average molecular weight is 376 g/mol. The van der Waals surface area contributed by atoms with Gasteiger partial charge in [-0.05, 0) is 24.6 Å². The van der Waals surface area contributed by atoms with Crippen LogP contribution < -0.4 is 0 Å². The standard InChI is InChI=1S/C20H20N6O2/c1-2-3-12-25-16-10-6-4-8-14(16)19(20(25)28)23-22-18(27)13-26-17-11-7-5-9-15(17)21-24-26/h4-11,28H,2-3,12-13H2,1H3. The fraction of sp³-hybridized carbons (Fsp3) is 0.250. The van der Waals surface area contributed by atoms with E-state index in [4.69, 9.17) is 0 Å². The van der Waals surface area contributed by atoms with Crippen molar-refractivity contribution in [1.29, 1.82) is 0 Å². The summed E-state index contributed by atoms with van der Waals surface area (Å²) in [5.74, 6) is -0.446. The molecule has 1 amide bonds. The van der Waals surface area contributed by atoms with Crippen LogP contribution in [0.2, 0.25) is 0 Å². The number of azo groups is 1. The molecule has 2 aromatic heterocycles. The van der Waals surface area contributed by atoms with Crippen LogP contribution in [0.25, 0.3) is 21.9 Å². The number of para-hydroxylation sites is 2. The smallest absolute Gasteiger partial charge is 0.286 e. The van der Waals surface area contributed by atoms with Crippen LogP contribution >= 0.6 is 0 Å². The van der Waals surface area contributed by atoms with Gasteiger partial charge in [0.25, 0.3) is 5.91 Å². The van der Waals surface area contributed by atoms with Crippen LogP contribution in [0.4, 0.5) is 5.69 Å². The maximum atomic E-state index is 12.3. The minimum atomic E-state index is -0.472. The van der Waals surface area contributed by atoms with Gasteiger partial charge in [-0.3, -0.25) is 4.79 Å². The summed E-state index contributed by atoms with van der Waals surface area (Å²) < 4.78 is 3.30. The Balaban J connectivity index is 1.61. The maximum absolute atomic E-state index is 12.3. The first kappa shape index (κ1) is 17.8. The molecule has 4 rings (SSSR count). The summed E-state index contributed by atoms with van der Waals surface area (Å²) in [6, 6.07) is 15.0. The van der Waals surface area contributed by atoms with Crippen molar-refractivity contribution < 1.29 is 9.90 Å². The lowest BCUT2D eigenvalue weighted by Crippen LogP contribution is -2.08. The van der Waals surface area contributed by atoms with Gasteiger partial charge in [-0.15, -0.1) is 15.3 Å². The molecule has 142 valence electrons. The van der Waals surface area contributed by atoms with E-state index in [2.05, 4.69) is 27.5 Å². The third-order valence-corrected chi connectivity index (χ3v) is 4.62. The lowest BCUT2D eigenvalue weighted by molar-refractivity contribution is -0.119. The fourth-order valence-electron chi connectivity index (χ4n) is 3.21. The van der Waals surface area contributed by atoms with E-state index in [-0.39, 0.29) is 12.4 Å². The zero-order valence-electron chi connectivity index (χ0n) is 15.5. The van der Waals surface area contributed by atoms with E-state index < -0.39 is 5.91 Å². The Morgan fingerprint density at radius 3 is 2.68 bits per heavy atom. The Hall–Kier alpha value is -3.55. The van der Waals surface area contributed by atoms with Gasteiger partial charge in [0.1, 0.15) is 12.1 Å². The van der Waals surface area contributed by atoms with Gasteiger partial charge in [0.15, 0.2) is 5.69 Å². The van der Waals surface area contributed by atoms with E-state index in [0.29, 0.717) is 17.7 Å². The molecule has 0 fully saturated rings. The first-order valence-electron chi connectivity index (χ1n) is 9.22. The molecule has 0 spiro atoms. The molecule has 28 heavy (non-hydrogen) atoms. The van der Waals surface area contributed by atoms with Gasteiger partial charge in [-0.25, -0.2) is 4.68 Å². The highest BCUT2D eigenvalue weighted by atomic mass is 16.3. The number of nitrogens with zero attached hydrogens (tertiary/aromatic N) is 6. The Labute approximate surface area is 161 Å². The Kier molecular flexibility index (Phi) is 4.84. The van der Waals surface area contributed by atoms with Gasteiger partial charge < -0.3 is 9.67 Å². The molecule has 0 saturated heterocycles. The summed E-state index contributed by atoms with van der Waals surface area (Å²) in [5.41, 5.74) is 2.65. The number of amides is 1. The van der Waals surface area contributed by atoms with E-state index in [1.165, 1.54) is 4.68 Å². The second kappa shape index (κ2) is 7.59. The van der Waals surface area contributed by atoms with Crippen LogP contribution in [0.3, 0.4) is 0 Å². The molecule has 0 saturated carbocycles. The summed E-state index contributed by atoms with van der Waals surface area (Å²) in [6.45, 7) is 2.70. The number of carbonyl (C=O) groups excluding carboxylic acids is 1. The molecule has 4 aromatic rings. The number of benzene rings is 2. The zero-order chi connectivity index (χ0) is 19.5. The Morgan fingerprint density at radius 1 is 1.11 bits per heavy atom. The van der Waals surface area contributed by atoms with Crippen LogP contribution in [0.5, 0.6) is 5.88 Å². The molecule has 2 aromatic carbocycles. The largest absolute Gasteiger partial charge is 0.493 e. The van der Waals surface area contributed by atoms with Crippen LogP contribution in [-0.4, -0.2) is 30.6 Å². The van der Waals surface area contributed by atoms with Gasteiger partial charge in [0.05, 0.1) is 11.0 Å². The molecule has 8 heteroatoms. The van der Waals surface area contributed by atoms with Crippen LogP contribution in [0.15, 0.2) is 58.8 Å². The number of hydrogen-bond acceptors (Lipinski definition) is 5. The first-order chi connectivity index (χ1) is 13.7. The van der Waals surface area contributed by atoms with E-state index in [1.54, 1.807) is 0 Å². The molecule has 8 nitrogen and oxygen atoms in total. The summed E-state index contributed by atoms with van der Waals surface area (Å²) in [7, 11) is 0. The minimum Gasteiger partial charge on any atom is -0.493 e. The molecule has 0 aliphatic rings. The molecular weight excluding hydrogens is 356 g/mol. The molecule has 0 atom stereocenters. The summed E-state index contributed by atoms with van der Waals surface area (Å²) in [4.78, 5) is 12.3. The number of aromatic nitrogens is 4. The second-order valence-corrected chi connectivity index (χ2v) is 6.52. The van der Waals surface area contributed by atoms with Crippen molar-refractivity contribution >= 4 is 33.5 Å². The molecular formula is C20H20N6O2. The van der Waals surface area contributed by atoms with Crippen molar-refractivity contribution in [1.82, 2.24) is 19.6 Å². The van der Waals surface area contributed by atoms with Crippen molar-refractivity contribution in [2.45, 2.75) is 32.9 Å². The first-order valence-corrected chi connectivity index (χ1v) is 9.22. The van der Waals surface area contributed by atoms with Crippen molar-refractivity contribution in [2.75, 3.05) is 0 Å². The number of aromatic hydroxyl groups is 1. The Bertz CT molecular complexity index is 1170. The lowest BCUT2D eigenvalue weighted by Gasteiger charge is -2.05. The predicted molar refractivity (Wildman–Crippen MR) is 106 cm³/mol. The van der Waals surface area contributed by atoms with Gasteiger partial charge in [0.2, 0.25) is 5.88 Å². The van der Waals surface area contributed by atoms with Gasteiger partial charge >= 0.3 is 0 Å². The SMILES string of the molecule is CCCCn1c(O)c(N=NC(=O)Cn2nnc3ccccc32)c2ccccc21. The normalized spacial score (nSPS) is 11.8. The number of hydrogen-bond donors (Lipinski definition) is 1. The quantitative estimate of drug-likeness (QED) is 0.510. The maximum Gasteiger partial charge on any atom is 0.286 e. The number of unbranched alkanes of at least 4 members (excludes halogenated alkanes) is 1. The zero-order valence-corrected chi connectivity index (χ0v) is 15.5. The van der Waals surface area contributed by atoms with Crippen molar-refractivity contribution in [3.05, 3.63) is 48.5 Å². The predicted octanol–water partition coefficient (Wildman–Crippen LogP) is 4.20. The molecule has 0 bridgehead atoms. The van der Waals surface area contributed by atoms with Crippen molar-refractivity contribution in [2.24, 2.45) is 10.2 Å². The van der Waals surface area contributed by atoms with Crippen LogP contribution in [-0.2, 0) is 17.9 Å². The van der Waals surface area contributed by atoms with Crippen LogP contribution in [0, 0.1) is 0 Å². The van der Waals surface area contributed by atoms with Crippen molar-refractivity contribution in [3.63, 3.8) is 0 Å². The van der Waals surface area contributed by atoms with Gasteiger partial charge in [0, 0.05) is 11.9 Å². The highest BCUT2D eigenvalue weighted by Crippen LogP contribution is 2.39. The second-order valence-electron chi connectivity index (χ2n) is 6.52. The molecule has 2 heterocycles. The van der Waals surface area contributed by atoms with Gasteiger partial charge in [-0.2, -0.15) is 0 Å². The summed E-state index contributed by atoms with van der Waals surface area (Å²) in [6.07, 6.45) is 1.94. The number of fused-ring (bicyclic) bond motifs is 2. The minimum absolute atomic E-state index is 0.0254. The number of rotatable bonds is 6.